The molecule has 2 aromatic rings. The monoisotopic (exact) mass is 315 g/mol. The van der Waals surface area contributed by atoms with Crippen LogP contribution in [0.4, 0.5) is 0 Å². The minimum absolute atomic E-state index is 0.116. The van der Waals surface area contributed by atoms with Crippen LogP contribution in [-0.2, 0) is 0 Å². The van der Waals surface area contributed by atoms with Gasteiger partial charge in [-0.25, -0.2) is 0 Å². The Morgan fingerprint density at radius 2 is 1.90 bits per heavy atom. The molecule has 0 saturated carbocycles. The van der Waals surface area contributed by atoms with Gasteiger partial charge in [0, 0.05) is 10.4 Å². The number of carbonyl (C=O) groups excluding carboxylic acids is 1. The molecule has 2 nitrogen and oxygen atoms in total. The van der Waals surface area contributed by atoms with Crippen LogP contribution >= 0.6 is 22.9 Å². The normalized spacial score (nSPS) is 11.5. The van der Waals surface area contributed by atoms with Crippen LogP contribution in [0.5, 0.6) is 0 Å². The van der Waals surface area contributed by atoms with Gasteiger partial charge in [0.05, 0.1) is 4.34 Å². The highest BCUT2D eigenvalue weighted by atomic mass is 35.5. The summed E-state index contributed by atoms with van der Waals surface area (Å²) in [7, 11) is 0. The van der Waals surface area contributed by atoms with E-state index in [2.05, 4.69) is 13.8 Å². The smallest absolute Gasteiger partial charge is 0.203 e. The molecule has 0 aliphatic carbocycles. The number of ketones is 1. The lowest BCUT2D eigenvalue weighted by atomic mass is 9.98. The summed E-state index contributed by atoms with van der Waals surface area (Å²) in [5.74, 6) is 0.144. The summed E-state index contributed by atoms with van der Waals surface area (Å²) in [4.78, 5) is 13.1. The molecule has 4 heteroatoms. The van der Waals surface area contributed by atoms with Gasteiger partial charge in [-0.2, -0.15) is 5.26 Å². The van der Waals surface area contributed by atoms with Gasteiger partial charge in [0.2, 0.25) is 5.78 Å². The van der Waals surface area contributed by atoms with E-state index in [1.54, 1.807) is 30.3 Å². The molecule has 0 atom stereocenters. The quantitative estimate of drug-likeness (QED) is 0.435. The van der Waals surface area contributed by atoms with Gasteiger partial charge in [0.15, 0.2) is 0 Å². The SMILES string of the molecule is CC(C)c1ccc(C(=O)/C(C#N)=C/c2ccc(Cl)s2)cc1. The van der Waals surface area contributed by atoms with E-state index in [-0.39, 0.29) is 11.4 Å². The molecule has 2 rings (SSSR count). The van der Waals surface area contributed by atoms with Gasteiger partial charge in [0.1, 0.15) is 11.6 Å². The van der Waals surface area contributed by atoms with E-state index in [9.17, 15) is 10.1 Å². The van der Waals surface area contributed by atoms with Crippen molar-refractivity contribution < 1.29 is 4.79 Å². The van der Waals surface area contributed by atoms with E-state index >= 15 is 0 Å². The second kappa shape index (κ2) is 6.71. The van der Waals surface area contributed by atoms with E-state index in [1.807, 2.05) is 18.2 Å². The lowest BCUT2D eigenvalue weighted by Gasteiger charge is -2.06. The van der Waals surface area contributed by atoms with Gasteiger partial charge in [-0.05, 0) is 29.7 Å². The van der Waals surface area contributed by atoms with Gasteiger partial charge in [-0.1, -0.05) is 49.7 Å². The Morgan fingerprint density at radius 3 is 2.38 bits per heavy atom. The highest BCUT2D eigenvalue weighted by Crippen LogP contribution is 2.24. The number of rotatable bonds is 4. The molecule has 0 unspecified atom stereocenters. The molecule has 0 aliphatic heterocycles. The summed E-state index contributed by atoms with van der Waals surface area (Å²) in [6.07, 6.45) is 1.58. The maximum absolute atomic E-state index is 12.3. The van der Waals surface area contributed by atoms with E-state index in [4.69, 9.17) is 11.6 Å². The highest BCUT2D eigenvalue weighted by Gasteiger charge is 2.13. The van der Waals surface area contributed by atoms with Crippen LogP contribution in [-0.4, -0.2) is 5.78 Å². The number of halogens is 1. The Balaban J connectivity index is 2.28. The first kappa shape index (κ1) is 15.5. The van der Waals surface area contributed by atoms with Crippen molar-refractivity contribution in [1.82, 2.24) is 0 Å². The number of thiophene rings is 1. The number of carbonyl (C=O) groups is 1. The molecule has 0 spiro atoms. The molecule has 0 saturated heterocycles. The number of nitriles is 1. The molecular weight excluding hydrogens is 302 g/mol. The molecule has 21 heavy (non-hydrogen) atoms. The minimum atomic E-state index is -0.266. The number of hydrogen-bond acceptors (Lipinski definition) is 3. The third-order valence-corrected chi connectivity index (χ3v) is 4.26. The van der Waals surface area contributed by atoms with Gasteiger partial charge in [-0.3, -0.25) is 4.79 Å². The third-order valence-electron chi connectivity index (χ3n) is 3.09. The second-order valence-electron chi connectivity index (χ2n) is 4.92. The van der Waals surface area contributed by atoms with Crippen molar-refractivity contribution in [2.45, 2.75) is 19.8 Å². The predicted molar refractivity (Wildman–Crippen MR) is 87.8 cm³/mol. The summed E-state index contributed by atoms with van der Waals surface area (Å²) >= 11 is 7.19. The number of allylic oxidation sites excluding steroid dienone is 1. The van der Waals surface area contributed by atoms with Gasteiger partial charge >= 0.3 is 0 Å². The maximum Gasteiger partial charge on any atom is 0.203 e. The molecule has 1 heterocycles. The lowest BCUT2D eigenvalue weighted by Crippen LogP contribution is -2.02. The van der Waals surface area contributed by atoms with Crippen molar-refractivity contribution in [1.29, 1.82) is 5.26 Å². The maximum atomic E-state index is 12.3. The van der Waals surface area contributed by atoms with Crippen LogP contribution in [0, 0.1) is 11.3 Å². The Bertz CT molecular complexity index is 720. The lowest BCUT2D eigenvalue weighted by molar-refractivity contribution is 0.104. The van der Waals surface area contributed by atoms with Crippen LogP contribution in [0.3, 0.4) is 0 Å². The zero-order chi connectivity index (χ0) is 15.4. The van der Waals surface area contributed by atoms with Crippen LogP contribution in [0.1, 0.15) is 40.6 Å². The number of Topliss-reactive ketones (excluding diaryl/α,β-unsaturated/α-hetero) is 1. The Hall–Kier alpha value is -1.89. The topological polar surface area (TPSA) is 40.9 Å². The van der Waals surface area contributed by atoms with Crippen molar-refractivity contribution in [2.75, 3.05) is 0 Å². The zero-order valence-corrected chi connectivity index (χ0v) is 13.3. The summed E-state index contributed by atoms with van der Waals surface area (Å²) in [6, 6.07) is 12.9. The van der Waals surface area contributed by atoms with Crippen LogP contribution in [0.15, 0.2) is 42.0 Å². The molecule has 0 N–H and O–H groups in total. The van der Waals surface area contributed by atoms with E-state index in [1.165, 1.54) is 16.9 Å². The zero-order valence-electron chi connectivity index (χ0n) is 11.8. The highest BCUT2D eigenvalue weighted by molar-refractivity contribution is 7.17. The average Bonchev–Trinajstić information content (AvgIpc) is 2.89. The summed E-state index contributed by atoms with van der Waals surface area (Å²) in [6.45, 7) is 4.19. The Kier molecular flexibility index (Phi) is 4.95. The fourth-order valence-corrected chi connectivity index (χ4v) is 2.88. The van der Waals surface area contributed by atoms with Crippen molar-refractivity contribution in [3.05, 3.63) is 62.3 Å². The van der Waals surface area contributed by atoms with Crippen molar-refractivity contribution in [3.8, 4) is 6.07 Å². The molecule has 1 aromatic carbocycles. The molecule has 0 radical (unpaired) electrons. The van der Waals surface area contributed by atoms with Crippen molar-refractivity contribution in [3.63, 3.8) is 0 Å². The molecular formula is C17H14ClNOS. The Labute approximate surface area is 133 Å². The van der Waals surface area contributed by atoms with Crippen molar-refractivity contribution >= 4 is 34.8 Å². The standard InChI is InChI=1S/C17H14ClNOS/c1-11(2)12-3-5-13(6-4-12)17(20)14(10-19)9-15-7-8-16(18)21-15/h3-9,11H,1-2H3/b14-9+. The second-order valence-corrected chi connectivity index (χ2v) is 6.66. The molecule has 0 aliphatic rings. The molecule has 106 valence electrons. The fourth-order valence-electron chi connectivity index (χ4n) is 1.87. The van der Waals surface area contributed by atoms with Crippen molar-refractivity contribution in [2.24, 2.45) is 0 Å². The molecule has 0 amide bonds. The first-order valence-corrected chi connectivity index (χ1v) is 7.72. The number of hydrogen-bond donors (Lipinski definition) is 0. The molecule has 0 fully saturated rings. The average molecular weight is 316 g/mol. The number of nitrogens with zero attached hydrogens (tertiary/aromatic N) is 1. The van der Waals surface area contributed by atoms with Gasteiger partial charge < -0.3 is 0 Å². The summed E-state index contributed by atoms with van der Waals surface area (Å²) < 4.78 is 0.632. The van der Waals surface area contributed by atoms with Crippen LogP contribution in [0.25, 0.3) is 6.08 Å². The predicted octanol–water partition coefficient (Wildman–Crippen LogP) is 5.31. The molecule has 1 aromatic heterocycles. The molecule has 0 bridgehead atoms. The van der Waals surface area contributed by atoms with Gasteiger partial charge in [0.25, 0.3) is 0 Å². The van der Waals surface area contributed by atoms with E-state index < -0.39 is 0 Å². The minimum Gasteiger partial charge on any atom is -0.288 e. The third kappa shape index (κ3) is 3.81. The van der Waals surface area contributed by atoms with E-state index in [0.29, 0.717) is 15.8 Å². The number of benzene rings is 1. The van der Waals surface area contributed by atoms with Crippen LogP contribution < -0.4 is 0 Å². The fraction of sp³-hybridized carbons (Fsp3) is 0.176. The Morgan fingerprint density at radius 1 is 1.24 bits per heavy atom. The van der Waals surface area contributed by atoms with E-state index in [0.717, 1.165) is 4.88 Å². The largest absolute Gasteiger partial charge is 0.288 e. The van der Waals surface area contributed by atoms with Gasteiger partial charge in [-0.15, -0.1) is 11.3 Å². The summed E-state index contributed by atoms with van der Waals surface area (Å²) in [5, 5.41) is 9.20. The van der Waals surface area contributed by atoms with Crippen LogP contribution in [0.2, 0.25) is 4.34 Å². The first-order valence-electron chi connectivity index (χ1n) is 6.53. The summed E-state index contributed by atoms with van der Waals surface area (Å²) in [5.41, 5.74) is 1.81. The first-order chi connectivity index (χ1) is 10.0.